The Morgan fingerprint density at radius 1 is 1.05 bits per heavy atom. The average Bonchev–Trinajstić information content (AvgIpc) is 3.38. The number of aryl methyl sites for hydroxylation is 1. The predicted octanol–water partition coefficient (Wildman–Crippen LogP) is 1.65. The Balaban J connectivity index is 0.00000560. The van der Waals surface area contributed by atoms with Gasteiger partial charge in [0.1, 0.15) is 6.16 Å². The fourth-order valence-corrected chi connectivity index (χ4v) is 8.13. The van der Waals surface area contributed by atoms with Crippen molar-refractivity contribution < 1.29 is 62.9 Å². The molecule has 1 aromatic rings. The van der Waals surface area contributed by atoms with Crippen LogP contribution in [0.15, 0.2) is 30.3 Å². The largest absolute Gasteiger partial charge is 1.00 e. The van der Waals surface area contributed by atoms with Crippen LogP contribution < -0.4 is 34.7 Å². The van der Waals surface area contributed by atoms with E-state index in [0.717, 1.165) is 44.9 Å². The van der Waals surface area contributed by atoms with Gasteiger partial charge in [-0.3, -0.25) is 18.7 Å². The maximum atomic E-state index is 14.2. The number of aliphatic carboxylic acids is 1. The van der Waals surface area contributed by atoms with Crippen LogP contribution in [0.2, 0.25) is 0 Å². The first kappa shape index (κ1) is 35.0. The molecule has 0 bridgehead atoms. The van der Waals surface area contributed by atoms with Crippen LogP contribution in [0.4, 0.5) is 0 Å². The van der Waals surface area contributed by atoms with Gasteiger partial charge in [-0.2, -0.15) is 0 Å². The van der Waals surface area contributed by atoms with Crippen molar-refractivity contribution in [3.8, 4) is 0 Å². The maximum absolute atomic E-state index is 14.2. The van der Waals surface area contributed by atoms with Crippen molar-refractivity contribution in [1.82, 2.24) is 4.90 Å². The van der Waals surface area contributed by atoms with Crippen LogP contribution in [0.3, 0.4) is 0 Å². The molecule has 3 unspecified atom stereocenters. The van der Waals surface area contributed by atoms with E-state index in [2.05, 4.69) is 0 Å². The second kappa shape index (κ2) is 17.1. The number of esters is 1. The summed E-state index contributed by atoms with van der Waals surface area (Å²) in [6, 6.07) is 10.0. The Kier molecular flexibility index (Phi) is 14.9. The zero-order valence-electron chi connectivity index (χ0n) is 24.7. The van der Waals surface area contributed by atoms with Crippen LogP contribution in [-0.4, -0.2) is 54.4 Å². The number of rotatable bonds is 14. The van der Waals surface area contributed by atoms with Crippen LogP contribution >= 0.6 is 7.37 Å². The molecule has 1 saturated carbocycles. The van der Waals surface area contributed by atoms with E-state index < -0.39 is 31.5 Å². The Labute approximate surface area is 261 Å². The summed E-state index contributed by atoms with van der Waals surface area (Å²) >= 11 is 0. The summed E-state index contributed by atoms with van der Waals surface area (Å²) in [6.07, 6.45) is 6.42. The molecule has 40 heavy (non-hydrogen) atoms. The molecule has 8 nitrogen and oxygen atoms in total. The fraction of sp³-hybridized carbons (Fsp3) is 0.700. The van der Waals surface area contributed by atoms with Crippen LogP contribution in [0.25, 0.3) is 0 Å². The number of carbonyl (C=O) groups excluding carboxylic acids is 3. The number of hydrogen-bond acceptors (Lipinski definition) is 7. The minimum absolute atomic E-state index is 0. The number of carboxylic acids is 1. The van der Waals surface area contributed by atoms with Crippen molar-refractivity contribution >= 4 is 25.2 Å². The van der Waals surface area contributed by atoms with Gasteiger partial charge in [0.25, 0.3) is 0 Å². The van der Waals surface area contributed by atoms with Gasteiger partial charge in [0.2, 0.25) is 19.6 Å². The summed E-state index contributed by atoms with van der Waals surface area (Å²) in [6.45, 7) is 5.73. The molecule has 0 N–H and O–H groups in total. The first-order valence-corrected chi connectivity index (χ1v) is 16.6. The maximum Gasteiger partial charge on any atom is 1.00 e. The van der Waals surface area contributed by atoms with E-state index in [1.165, 1.54) is 5.56 Å². The number of likely N-dealkylation sites (tertiary alicyclic amines) is 1. The van der Waals surface area contributed by atoms with Gasteiger partial charge in [-0.1, -0.05) is 83.2 Å². The molecular formula is C30H45NNaO7P. The molecule has 4 atom stereocenters. The molecule has 1 aliphatic heterocycles. The van der Waals surface area contributed by atoms with Crippen molar-refractivity contribution in [1.29, 1.82) is 0 Å². The Hall–Kier alpha value is -1.18. The monoisotopic (exact) mass is 585 g/mol. The van der Waals surface area contributed by atoms with Crippen molar-refractivity contribution in [3.05, 3.63) is 35.9 Å². The van der Waals surface area contributed by atoms with E-state index in [-0.39, 0.29) is 78.5 Å². The molecular weight excluding hydrogens is 540 g/mol. The minimum Gasteiger partial charge on any atom is -0.550 e. The molecule has 10 heteroatoms. The quantitative estimate of drug-likeness (QED) is 0.107. The number of hydrogen-bond donors (Lipinski definition) is 0. The standard InChI is InChI=1S/C30H46NO7P.Na/c1-4-28(33)37-30(22(2)3)38-39(36,18-12-11-15-23-13-7-5-8-14-23)21-27(32)31-19-25(26(20-31)29(34)35)24-16-9-6-10-17-24;/h5,7-8,13-14,22,24-26,30H,4,6,9-12,15-21H2,1-3H3,(H,34,35);/q;+1/p-1/t25?,26-,30?,39?;/m0./s1. The normalized spacial score (nSPS) is 21.9. The van der Waals surface area contributed by atoms with Crippen molar-refractivity contribution in [3.63, 3.8) is 0 Å². The minimum atomic E-state index is -3.55. The van der Waals surface area contributed by atoms with E-state index in [9.17, 15) is 24.1 Å². The Morgan fingerprint density at radius 2 is 1.73 bits per heavy atom. The number of nitrogens with zero attached hydrogens (tertiary/aromatic N) is 1. The number of ether oxygens (including phenoxy) is 1. The molecule has 1 saturated heterocycles. The van der Waals surface area contributed by atoms with Crippen LogP contribution in [0.5, 0.6) is 0 Å². The van der Waals surface area contributed by atoms with E-state index in [1.807, 2.05) is 44.2 Å². The smallest absolute Gasteiger partial charge is 0.550 e. The number of carbonyl (C=O) groups is 3. The number of unbranched alkanes of at least 4 members (excludes halogenated alkanes) is 1. The van der Waals surface area contributed by atoms with Gasteiger partial charge < -0.3 is 19.5 Å². The topological polar surface area (TPSA) is 113 Å². The summed E-state index contributed by atoms with van der Waals surface area (Å²) < 4.78 is 25.6. The zero-order chi connectivity index (χ0) is 28.4. The summed E-state index contributed by atoms with van der Waals surface area (Å²) in [4.78, 5) is 39.0. The van der Waals surface area contributed by atoms with Gasteiger partial charge >= 0.3 is 35.5 Å². The fourth-order valence-electron chi connectivity index (χ4n) is 5.81. The Bertz CT molecular complexity index is 999. The molecule has 0 aromatic heterocycles. The zero-order valence-corrected chi connectivity index (χ0v) is 27.6. The van der Waals surface area contributed by atoms with Crippen molar-refractivity contribution in [2.24, 2.45) is 23.7 Å². The van der Waals surface area contributed by atoms with Gasteiger partial charge in [-0.15, -0.1) is 0 Å². The van der Waals surface area contributed by atoms with E-state index in [1.54, 1.807) is 11.8 Å². The average molecular weight is 586 g/mol. The van der Waals surface area contributed by atoms with E-state index in [0.29, 0.717) is 13.0 Å². The second-order valence-corrected chi connectivity index (χ2v) is 14.1. The van der Waals surface area contributed by atoms with Gasteiger partial charge in [0, 0.05) is 43.5 Å². The first-order chi connectivity index (χ1) is 18.6. The van der Waals surface area contributed by atoms with Crippen LogP contribution in [0.1, 0.15) is 77.7 Å². The molecule has 1 amide bonds. The van der Waals surface area contributed by atoms with E-state index in [4.69, 9.17) is 9.26 Å². The molecule has 1 aliphatic carbocycles. The van der Waals surface area contributed by atoms with Crippen molar-refractivity contribution in [2.45, 2.75) is 84.8 Å². The molecule has 218 valence electrons. The number of benzene rings is 1. The third-order valence-corrected chi connectivity index (χ3v) is 10.4. The number of carboxylic acid groups (broad SMARTS) is 1. The summed E-state index contributed by atoms with van der Waals surface area (Å²) in [7, 11) is -3.55. The Morgan fingerprint density at radius 3 is 2.33 bits per heavy atom. The third kappa shape index (κ3) is 10.6. The van der Waals surface area contributed by atoms with Crippen LogP contribution in [-0.2, 0) is 34.6 Å². The van der Waals surface area contributed by atoms with Gasteiger partial charge in [-0.05, 0) is 36.7 Å². The summed E-state index contributed by atoms with van der Waals surface area (Å²) in [5, 5.41) is 12.0. The molecule has 0 spiro atoms. The van der Waals surface area contributed by atoms with Crippen molar-refractivity contribution in [2.75, 3.05) is 25.4 Å². The SMILES string of the molecule is CCC(=O)OC(OP(=O)(CCCCc1ccccc1)CC(=O)N1CC(C2CCCCC2)[C@@H](C(=O)[O-])C1)C(C)C.[Na+]. The van der Waals surface area contributed by atoms with Crippen LogP contribution in [0, 0.1) is 23.7 Å². The van der Waals surface area contributed by atoms with Gasteiger partial charge in [-0.25, -0.2) is 0 Å². The molecule has 2 aliphatic rings. The molecule has 0 radical (unpaired) electrons. The van der Waals surface area contributed by atoms with Gasteiger partial charge in [0.15, 0.2) is 0 Å². The first-order valence-electron chi connectivity index (χ1n) is 14.6. The molecule has 1 aromatic carbocycles. The second-order valence-electron chi connectivity index (χ2n) is 11.5. The third-order valence-electron chi connectivity index (χ3n) is 8.09. The molecule has 3 rings (SSSR count). The summed E-state index contributed by atoms with van der Waals surface area (Å²) in [5.41, 5.74) is 1.18. The molecule has 2 fully saturated rings. The number of amides is 1. The van der Waals surface area contributed by atoms with Gasteiger partial charge in [0.05, 0.1) is 0 Å². The predicted molar refractivity (Wildman–Crippen MR) is 148 cm³/mol. The molecule has 1 heterocycles. The summed E-state index contributed by atoms with van der Waals surface area (Å²) in [5.74, 6) is -2.78. The van der Waals surface area contributed by atoms with E-state index >= 15 is 0 Å².